The summed E-state index contributed by atoms with van der Waals surface area (Å²) in [5.74, 6) is 0. The zero-order chi connectivity index (χ0) is 39.8. The van der Waals surface area contributed by atoms with Gasteiger partial charge in [0.25, 0.3) is 0 Å². The van der Waals surface area contributed by atoms with Crippen molar-refractivity contribution in [2.24, 2.45) is 0 Å². The van der Waals surface area contributed by atoms with E-state index in [9.17, 15) is 0 Å². The Morgan fingerprint density at radius 3 is 1.12 bits per heavy atom. The summed E-state index contributed by atoms with van der Waals surface area (Å²) < 4.78 is 0. The van der Waals surface area contributed by atoms with Crippen LogP contribution in [0, 0.1) is 0 Å². The van der Waals surface area contributed by atoms with Crippen LogP contribution in [0.25, 0.3) is 110 Å². The molecule has 0 spiro atoms. The molecule has 0 saturated carbocycles. The predicted octanol–water partition coefficient (Wildman–Crippen LogP) is 15.0. The molecule has 0 fully saturated rings. The summed E-state index contributed by atoms with van der Waals surface area (Å²) in [6, 6.07) is 69.6. The van der Waals surface area contributed by atoms with E-state index in [1.807, 2.05) is 36.9 Å². The number of rotatable bonds is 7. The number of aromatic nitrogens is 3. The number of nitrogens with zero attached hydrogens (tertiary/aromatic N) is 3. The third kappa shape index (κ3) is 6.12. The Bertz CT molecular complexity index is 3260. The summed E-state index contributed by atoms with van der Waals surface area (Å²) in [6.45, 7) is 0. The summed E-state index contributed by atoms with van der Waals surface area (Å²) in [5, 5.41) is 7.22. The highest BCUT2D eigenvalue weighted by atomic mass is 14.7. The van der Waals surface area contributed by atoms with E-state index in [2.05, 4.69) is 198 Å². The first kappa shape index (κ1) is 35.2. The van der Waals surface area contributed by atoms with Gasteiger partial charge in [0.05, 0.1) is 5.69 Å². The van der Waals surface area contributed by atoms with E-state index in [0.717, 1.165) is 83.4 Å². The maximum atomic E-state index is 5.35. The zero-order valence-electron chi connectivity index (χ0n) is 32.7. The van der Waals surface area contributed by atoms with Gasteiger partial charge in [-0.05, 0) is 102 Å². The van der Waals surface area contributed by atoms with Crippen molar-refractivity contribution < 1.29 is 0 Å². The van der Waals surface area contributed by atoms with Gasteiger partial charge in [-0.3, -0.25) is 15.0 Å². The van der Waals surface area contributed by atoms with Gasteiger partial charge in [0, 0.05) is 64.0 Å². The molecule has 0 radical (unpaired) electrons. The monoisotopic (exact) mass is 763 g/mol. The molecule has 0 aliphatic carbocycles. The molecule has 0 unspecified atom stereocenters. The molecule has 0 amide bonds. The van der Waals surface area contributed by atoms with E-state index in [1.54, 1.807) is 0 Å². The molecule has 3 heteroatoms. The minimum absolute atomic E-state index is 0.983. The van der Waals surface area contributed by atoms with Crippen LogP contribution < -0.4 is 0 Å². The Hall–Kier alpha value is -8.01. The standard InChI is InChI=1S/C57H37N3/c1-2-16-38(17-3-1)57-56-53-29-13-11-27-51(53)50-26-10-12-28-52(50)55(56)54(37-60-57)49-25-9-8-24-48(49)43-33-41(46-22-6-4-20-44(46)39-18-14-30-58-35-39)32-42(34-43)47-23-7-5-21-45(47)40-19-15-31-59-36-40/h1-37H. The van der Waals surface area contributed by atoms with Crippen LogP contribution in [0.15, 0.2) is 225 Å². The summed E-state index contributed by atoms with van der Waals surface area (Å²) in [5.41, 5.74) is 15.5. The number of fused-ring (bicyclic) bond motifs is 6. The van der Waals surface area contributed by atoms with Crippen LogP contribution in [0.3, 0.4) is 0 Å². The molecular weight excluding hydrogens is 727 g/mol. The topological polar surface area (TPSA) is 38.7 Å². The fourth-order valence-electron chi connectivity index (χ4n) is 9.03. The lowest BCUT2D eigenvalue weighted by atomic mass is 9.84. The molecule has 0 saturated heterocycles. The average Bonchev–Trinajstić information content (AvgIpc) is 3.34. The molecule has 8 aromatic carbocycles. The lowest BCUT2D eigenvalue weighted by Gasteiger charge is -2.20. The first-order valence-electron chi connectivity index (χ1n) is 20.3. The maximum absolute atomic E-state index is 5.35. The van der Waals surface area contributed by atoms with Crippen LogP contribution >= 0.6 is 0 Å². The van der Waals surface area contributed by atoms with Crippen LogP contribution in [-0.2, 0) is 0 Å². The van der Waals surface area contributed by atoms with Crippen molar-refractivity contribution in [1.29, 1.82) is 0 Å². The first-order chi connectivity index (χ1) is 29.8. The molecule has 3 nitrogen and oxygen atoms in total. The first-order valence-corrected chi connectivity index (χ1v) is 20.3. The molecule has 11 rings (SSSR count). The van der Waals surface area contributed by atoms with Gasteiger partial charge < -0.3 is 0 Å². The van der Waals surface area contributed by atoms with E-state index in [4.69, 9.17) is 4.98 Å². The zero-order valence-corrected chi connectivity index (χ0v) is 32.7. The minimum Gasteiger partial charge on any atom is -0.264 e. The van der Waals surface area contributed by atoms with Gasteiger partial charge in [-0.1, -0.05) is 164 Å². The fraction of sp³-hybridized carbons (Fsp3) is 0. The van der Waals surface area contributed by atoms with Crippen LogP contribution in [0.4, 0.5) is 0 Å². The third-order valence-electron chi connectivity index (χ3n) is 11.7. The smallest absolute Gasteiger partial charge is 0.0787 e. The quantitative estimate of drug-likeness (QED) is 0.152. The van der Waals surface area contributed by atoms with Gasteiger partial charge in [-0.25, -0.2) is 0 Å². The van der Waals surface area contributed by atoms with Crippen molar-refractivity contribution >= 4 is 32.3 Å². The molecule has 0 aliphatic rings. The van der Waals surface area contributed by atoms with Crippen molar-refractivity contribution in [3.63, 3.8) is 0 Å². The van der Waals surface area contributed by atoms with Gasteiger partial charge in [0.2, 0.25) is 0 Å². The Labute approximate surface area is 349 Å². The van der Waals surface area contributed by atoms with Gasteiger partial charge >= 0.3 is 0 Å². The minimum atomic E-state index is 0.983. The highest BCUT2D eigenvalue weighted by Gasteiger charge is 2.21. The van der Waals surface area contributed by atoms with E-state index in [1.165, 1.54) is 26.9 Å². The Balaban J connectivity index is 1.21. The normalized spacial score (nSPS) is 11.3. The molecule has 0 aliphatic heterocycles. The second-order valence-electron chi connectivity index (χ2n) is 15.1. The van der Waals surface area contributed by atoms with Gasteiger partial charge in [0.1, 0.15) is 0 Å². The van der Waals surface area contributed by atoms with E-state index < -0.39 is 0 Å². The molecule has 11 aromatic rings. The van der Waals surface area contributed by atoms with Crippen molar-refractivity contribution in [2.45, 2.75) is 0 Å². The van der Waals surface area contributed by atoms with Crippen LogP contribution in [0.2, 0.25) is 0 Å². The molecule has 280 valence electrons. The van der Waals surface area contributed by atoms with Gasteiger partial charge in [0.15, 0.2) is 0 Å². The molecule has 0 bridgehead atoms. The van der Waals surface area contributed by atoms with Crippen molar-refractivity contribution in [3.8, 4) is 78.0 Å². The summed E-state index contributed by atoms with van der Waals surface area (Å²) in [4.78, 5) is 14.3. The summed E-state index contributed by atoms with van der Waals surface area (Å²) in [7, 11) is 0. The van der Waals surface area contributed by atoms with Gasteiger partial charge in [-0.2, -0.15) is 0 Å². The number of pyridine rings is 3. The molecule has 3 heterocycles. The van der Waals surface area contributed by atoms with E-state index in [-0.39, 0.29) is 0 Å². The van der Waals surface area contributed by atoms with Crippen molar-refractivity contribution in [1.82, 2.24) is 15.0 Å². The molecule has 60 heavy (non-hydrogen) atoms. The molecular formula is C57H37N3. The number of hydrogen-bond acceptors (Lipinski definition) is 3. The average molecular weight is 764 g/mol. The lowest BCUT2D eigenvalue weighted by molar-refractivity contribution is 1.33. The molecule has 0 atom stereocenters. The highest BCUT2D eigenvalue weighted by Crippen LogP contribution is 2.47. The Morgan fingerprint density at radius 1 is 0.250 bits per heavy atom. The summed E-state index contributed by atoms with van der Waals surface area (Å²) in [6.07, 6.45) is 9.65. The number of benzene rings is 8. The molecule has 3 aromatic heterocycles. The highest BCUT2D eigenvalue weighted by molar-refractivity contribution is 6.31. The predicted molar refractivity (Wildman–Crippen MR) is 250 cm³/mol. The number of hydrogen-bond donors (Lipinski definition) is 0. The van der Waals surface area contributed by atoms with Gasteiger partial charge in [-0.15, -0.1) is 0 Å². The second-order valence-corrected chi connectivity index (χ2v) is 15.1. The van der Waals surface area contributed by atoms with Crippen molar-refractivity contribution in [3.05, 3.63) is 225 Å². The summed E-state index contributed by atoms with van der Waals surface area (Å²) >= 11 is 0. The van der Waals surface area contributed by atoms with Crippen LogP contribution in [-0.4, -0.2) is 15.0 Å². The van der Waals surface area contributed by atoms with Crippen LogP contribution in [0.1, 0.15) is 0 Å². The Morgan fingerprint density at radius 2 is 0.633 bits per heavy atom. The SMILES string of the molecule is c1ccc(-c2ncc(-c3ccccc3-c3cc(-c4ccccc4-c4cccnc4)cc(-c4ccccc4-c4cccnc4)c3)c3c4ccccc4c4ccccc4c23)cc1. The molecule has 0 N–H and O–H groups in total. The lowest BCUT2D eigenvalue weighted by Crippen LogP contribution is -1.95. The fourth-order valence-corrected chi connectivity index (χ4v) is 9.03. The van der Waals surface area contributed by atoms with Crippen LogP contribution in [0.5, 0.6) is 0 Å². The second kappa shape index (κ2) is 15.1. The van der Waals surface area contributed by atoms with E-state index >= 15 is 0 Å². The van der Waals surface area contributed by atoms with E-state index in [0.29, 0.717) is 0 Å². The largest absolute Gasteiger partial charge is 0.264 e. The Kier molecular flexibility index (Phi) is 8.83. The maximum Gasteiger partial charge on any atom is 0.0787 e. The van der Waals surface area contributed by atoms with Crippen molar-refractivity contribution in [2.75, 3.05) is 0 Å². The third-order valence-corrected chi connectivity index (χ3v) is 11.7.